The summed E-state index contributed by atoms with van der Waals surface area (Å²) in [5.74, 6) is -0.326. The molecular formula is C24H24N2O2S2. The summed E-state index contributed by atoms with van der Waals surface area (Å²) in [5.41, 5.74) is 4.15. The fraction of sp³-hybridized carbons (Fsp3) is 0.250. The van der Waals surface area contributed by atoms with E-state index in [0.717, 1.165) is 28.4 Å². The number of benzene rings is 2. The molecule has 4 rings (SSSR count). The molecule has 0 amide bonds. The third kappa shape index (κ3) is 4.25. The Bertz CT molecular complexity index is 1060. The highest BCUT2D eigenvalue weighted by Crippen LogP contribution is 2.35. The Morgan fingerprint density at radius 1 is 1.20 bits per heavy atom. The van der Waals surface area contributed by atoms with Crippen molar-refractivity contribution in [3.05, 3.63) is 82.2 Å². The van der Waals surface area contributed by atoms with Crippen LogP contribution in [0.25, 0.3) is 0 Å². The fourth-order valence-electron chi connectivity index (χ4n) is 3.81. The Morgan fingerprint density at radius 3 is 2.70 bits per heavy atom. The summed E-state index contributed by atoms with van der Waals surface area (Å²) in [7, 11) is 0. The number of thiophene rings is 1. The van der Waals surface area contributed by atoms with Crippen molar-refractivity contribution in [3.8, 4) is 0 Å². The highest BCUT2D eigenvalue weighted by atomic mass is 32.1. The van der Waals surface area contributed by atoms with Gasteiger partial charge < -0.3 is 15.0 Å². The zero-order chi connectivity index (χ0) is 21.1. The number of para-hydroxylation sites is 1. The highest BCUT2D eigenvalue weighted by Gasteiger charge is 2.29. The zero-order valence-corrected chi connectivity index (χ0v) is 18.7. The molecule has 6 heteroatoms. The first kappa shape index (κ1) is 20.6. The Kier molecular flexibility index (Phi) is 6.16. The number of anilines is 2. The van der Waals surface area contributed by atoms with E-state index in [-0.39, 0.29) is 12.0 Å². The molecule has 0 aliphatic carbocycles. The monoisotopic (exact) mass is 436 g/mol. The van der Waals surface area contributed by atoms with Gasteiger partial charge in [0, 0.05) is 23.0 Å². The van der Waals surface area contributed by atoms with Crippen molar-refractivity contribution >= 4 is 45.3 Å². The van der Waals surface area contributed by atoms with Gasteiger partial charge in [-0.25, -0.2) is 4.79 Å². The van der Waals surface area contributed by atoms with E-state index in [1.54, 1.807) is 11.3 Å². The Balaban J connectivity index is 1.60. The molecule has 0 saturated carbocycles. The van der Waals surface area contributed by atoms with Crippen LogP contribution in [0.15, 0.2) is 60.7 Å². The van der Waals surface area contributed by atoms with Gasteiger partial charge >= 0.3 is 5.97 Å². The molecule has 1 unspecified atom stereocenters. The number of hydrogen-bond donors (Lipinski definition) is 1. The van der Waals surface area contributed by atoms with Gasteiger partial charge in [0.05, 0.1) is 12.2 Å². The summed E-state index contributed by atoms with van der Waals surface area (Å²) < 4.78 is 5.29. The summed E-state index contributed by atoms with van der Waals surface area (Å²) in [6.07, 6.45) is 1.71. The SMILES string of the molecule is CCOC(=O)c1cc(Cc2ccccc2)sc1NC(=S)N1c2ccccc2CC1C. The van der Waals surface area contributed by atoms with Crippen molar-refractivity contribution in [1.82, 2.24) is 0 Å². The third-order valence-electron chi connectivity index (χ3n) is 5.15. The van der Waals surface area contributed by atoms with E-state index in [1.165, 1.54) is 11.1 Å². The number of carbonyl (C=O) groups excluding carboxylic acids is 1. The molecule has 1 aliphatic heterocycles. The molecule has 0 fully saturated rings. The van der Waals surface area contributed by atoms with E-state index in [9.17, 15) is 4.79 Å². The lowest BCUT2D eigenvalue weighted by Gasteiger charge is -2.26. The second-order valence-electron chi connectivity index (χ2n) is 7.32. The van der Waals surface area contributed by atoms with E-state index in [2.05, 4.69) is 47.5 Å². The summed E-state index contributed by atoms with van der Waals surface area (Å²) in [5, 5.41) is 4.68. The van der Waals surface area contributed by atoms with Gasteiger partial charge in [0.15, 0.2) is 5.11 Å². The topological polar surface area (TPSA) is 41.6 Å². The van der Waals surface area contributed by atoms with Gasteiger partial charge in [-0.1, -0.05) is 48.5 Å². The lowest BCUT2D eigenvalue weighted by Crippen LogP contribution is -2.38. The van der Waals surface area contributed by atoms with Crippen LogP contribution < -0.4 is 10.2 Å². The number of thiocarbonyl (C=S) groups is 1. The van der Waals surface area contributed by atoms with Crippen molar-refractivity contribution < 1.29 is 9.53 Å². The second-order valence-corrected chi connectivity index (χ2v) is 8.84. The predicted molar refractivity (Wildman–Crippen MR) is 128 cm³/mol. The molecule has 1 aromatic heterocycles. The van der Waals surface area contributed by atoms with Crippen LogP contribution >= 0.6 is 23.6 Å². The number of ether oxygens (including phenoxy) is 1. The van der Waals surface area contributed by atoms with E-state index in [4.69, 9.17) is 17.0 Å². The highest BCUT2D eigenvalue weighted by molar-refractivity contribution is 7.80. The molecule has 154 valence electrons. The van der Waals surface area contributed by atoms with Crippen LogP contribution in [-0.2, 0) is 17.6 Å². The molecule has 1 N–H and O–H groups in total. The second kappa shape index (κ2) is 8.98. The molecule has 2 heterocycles. The van der Waals surface area contributed by atoms with Crippen molar-refractivity contribution in [2.24, 2.45) is 0 Å². The van der Waals surface area contributed by atoms with Gasteiger partial charge in [-0.3, -0.25) is 0 Å². The number of nitrogens with one attached hydrogen (secondary N) is 1. The number of hydrogen-bond acceptors (Lipinski definition) is 4. The molecule has 0 saturated heterocycles. The first-order chi connectivity index (χ1) is 14.6. The fourth-order valence-corrected chi connectivity index (χ4v) is 5.33. The number of nitrogens with zero attached hydrogens (tertiary/aromatic N) is 1. The Labute approximate surface area is 186 Å². The van der Waals surface area contributed by atoms with Gasteiger partial charge in [-0.15, -0.1) is 11.3 Å². The average Bonchev–Trinajstić information content (AvgIpc) is 3.28. The van der Waals surface area contributed by atoms with Crippen LogP contribution in [0.4, 0.5) is 10.7 Å². The number of rotatable bonds is 5. The Morgan fingerprint density at radius 2 is 1.93 bits per heavy atom. The van der Waals surface area contributed by atoms with Gasteiger partial charge in [0.2, 0.25) is 0 Å². The number of esters is 1. The van der Waals surface area contributed by atoms with Crippen LogP contribution in [0.2, 0.25) is 0 Å². The minimum atomic E-state index is -0.326. The van der Waals surface area contributed by atoms with Crippen LogP contribution in [-0.4, -0.2) is 23.7 Å². The molecule has 2 aromatic carbocycles. The molecule has 0 radical (unpaired) electrons. The number of carbonyl (C=O) groups is 1. The van der Waals surface area contributed by atoms with Crippen LogP contribution in [0, 0.1) is 0 Å². The Hall–Kier alpha value is -2.70. The summed E-state index contributed by atoms with van der Waals surface area (Å²) in [4.78, 5) is 15.8. The lowest BCUT2D eigenvalue weighted by molar-refractivity contribution is 0.0528. The zero-order valence-electron chi connectivity index (χ0n) is 17.1. The summed E-state index contributed by atoms with van der Waals surface area (Å²) in [6, 6.07) is 20.7. The minimum Gasteiger partial charge on any atom is -0.462 e. The van der Waals surface area contributed by atoms with Gasteiger partial charge in [0.1, 0.15) is 5.00 Å². The molecule has 1 atom stereocenters. The lowest BCUT2D eigenvalue weighted by atomic mass is 10.1. The molecule has 0 spiro atoms. The van der Waals surface area contributed by atoms with E-state index >= 15 is 0 Å². The van der Waals surface area contributed by atoms with Gasteiger partial charge in [-0.05, 0) is 55.7 Å². The smallest absolute Gasteiger partial charge is 0.341 e. The largest absolute Gasteiger partial charge is 0.462 e. The first-order valence-electron chi connectivity index (χ1n) is 10.1. The molecule has 0 bridgehead atoms. The first-order valence-corrected chi connectivity index (χ1v) is 11.3. The molecule has 3 aromatic rings. The summed E-state index contributed by atoms with van der Waals surface area (Å²) in [6.45, 7) is 4.31. The van der Waals surface area contributed by atoms with Crippen molar-refractivity contribution in [1.29, 1.82) is 0 Å². The van der Waals surface area contributed by atoms with Crippen LogP contribution in [0.5, 0.6) is 0 Å². The van der Waals surface area contributed by atoms with Crippen molar-refractivity contribution in [2.45, 2.75) is 32.7 Å². The summed E-state index contributed by atoms with van der Waals surface area (Å²) >= 11 is 7.32. The molecular weight excluding hydrogens is 412 g/mol. The standard InChI is InChI=1S/C24H24N2O2S2/c1-3-28-23(27)20-15-19(14-17-9-5-4-6-10-17)30-22(20)25-24(29)26-16(2)13-18-11-7-8-12-21(18)26/h4-12,15-16H,3,13-14H2,1-2H3,(H,25,29). The normalized spacial score (nSPS) is 15.0. The quantitative estimate of drug-likeness (QED) is 0.413. The average molecular weight is 437 g/mol. The third-order valence-corrected chi connectivity index (χ3v) is 6.50. The number of fused-ring (bicyclic) bond motifs is 1. The maximum atomic E-state index is 12.6. The minimum absolute atomic E-state index is 0.261. The van der Waals surface area contributed by atoms with Gasteiger partial charge in [0.25, 0.3) is 0 Å². The molecule has 1 aliphatic rings. The van der Waals surface area contributed by atoms with Crippen molar-refractivity contribution in [2.75, 3.05) is 16.8 Å². The van der Waals surface area contributed by atoms with Crippen LogP contribution in [0.3, 0.4) is 0 Å². The molecule has 4 nitrogen and oxygen atoms in total. The maximum absolute atomic E-state index is 12.6. The van der Waals surface area contributed by atoms with Gasteiger partial charge in [-0.2, -0.15) is 0 Å². The van der Waals surface area contributed by atoms with E-state index in [0.29, 0.717) is 17.3 Å². The van der Waals surface area contributed by atoms with E-state index in [1.807, 2.05) is 37.3 Å². The predicted octanol–water partition coefficient (Wildman–Crippen LogP) is 5.66. The van der Waals surface area contributed by atoms with Crippen LogP contribution in [0.1, 0.15) is 40.2 Å². The molecule has 30 heavy (non-hydrogen) atoms. The van der Waals surface area contributed by atoms with E-state index < -0.39 is 0 Å². The maximum Gasteiger partial charge on any atom is 0.341 e. The van der Waals surface area contributed by atoms with Crippen molar-refractivity contribution in [3.63, 3.8) is 0 Å².